The molecule has 0 spiro atoms. The Morgan fingerprint density at radius 1 is 1.23 bits per heavy atom. The van der Waals surface area contributed by atoms with Gasteiger partial charge in [0.15, 0.2) is 0 Å². The predicted octanol–water partition coefficient (Wildman–Crippen LogP) is 3.06. The van der Waals surface area contributed by atoms with Crippen LogP contribution in [0.25, 0.3) is 0 Å². The zero-order chi connectivity index (χ0) is 9.68. The fourth-order valence-electron chi connectivity index (χ4n) is 2.51. The van der Waals surface area contributed by atoms with Crippen molar-refractivity contribution in [3.8, 4) is 0 Å². The van der Waals surface area contributed by atoms with Crippen molar-refractivity contribution in [2.45, 2.75) is 46.5 Å². The van der Waals surface area contributed by atoms with Crippen molar-refractivity contribution in [3.05, 3.63) is 0 Å². The zero-order valence-corrected chi connectivity index (χ0v) is 9.47. The van der Waals surface area contributed by atoms with Crippen molar-refractivity contribution < 1.29 is 0 Å². The van der Waals surface area contributed by atoms with Crippen LogP contribution in [0.4, 0.5) is 0 Å². The molecule has 0 radical (unpaired) electrons. The highest BCUT2D eigenvalue weighted by atomic mass is 14.8. The normalized spacial score (nSPS) is 23.3. The third-order valence-corrected chi connectivity index (χ3v) is 3.76. The minimum absolute atomic E-state index is 0.850. The molecule has 1 nitrogen and oxygen atoms in total. The molecule has 0 saturated heterocycles. The van der Waals surface area contributed by atoms with Crippen LogP contribution in [0.1, 0.15) is 46.5 Å². The Morgan fingerprint density at radius 3 is 2.38 bits per heavy atom. The first-order valence-corrected chi connectivity index (χ1v) is 5.96. The van der Waals surface area contributed by atoms with E-state index in [1.54, 1.807) is 0 Å². The molecule has 13 heavy (non-hydrogen) atoms. The molecule has 2 unspecified atom stereocenters. The molecule has 0 aromatic rings. The average Bonchev–Trinajstić information content (AvgIpc) is 2.65. The lowest BCUT2D eigenvalue weighted by molar-refractivity contribution is 0.260. The summed E-state index contributed by atoms with van der Waals surface area (Å²) in [5, 5.41) is 3.45. The smallest absolute Gasteiger partial charge is 0.00206 e. The SMILES string of the molecule is CCNCC(C)C(C)C1CCCC1. The van der Waals surface area contributed by atoms with E-state index in [2.05, 4.69) is 26.1 Å². The Morgan fingerprint density at radius 2 is 1.85 bits per heavy atom. The van der Waals surface area contributed by atoms with Gasteiger partial charge in [0.1, 0.15) is 0 Å². The lowest BCUT2D eigenvalue weighted by atomic mass is 9.83. The van der Waals surface area contributed by atoms with E-state index in [4.69, 9.17) is 0 Å². The molecule has 1 saturated carbocycles. The molecule has 2 atom stereocenters. The summed E-state index contributed by atoms with van der Waals surface area (Å²) in [6.45, 7) is 9.34. The summed E-state index contributed by atoms with van der Waals surface area (Å²) in [5.74, 6) is 2.79. The van der Waals surface area contributed by atoms with Crippen LogP contribution in [0.5, 0.6) is 0 Å². The summed E-state index contributed by atoms with van der Waals surface area (Å²) in [4.78, 5) is 0. The first-order chi connectivity index (χ1) is 6.25. The third-order valence-electron chi connectivity index (χ3n) is 3.76. The van der Waals surface area contributed by atoms with Crippen LogP contribution in [0.2, 0.25) is 0 Å². The second-order valence-electron chi connectivity index (χ2n) is 4.69. The predicted molar refractivity (Wildman–Crippen MR) is 58.8 cm³/mol. The molecule has 0 aromatic heterocycles. The fourth-order valence-corrected chi connectivity index (χ4v) is 2.51. The number of nitrogens with one attached hydrogen (secondary N) is 1. The Hall–Kier alpha value is -0.0400. The van der Waals surface area contributed by atoms with Gasteiger partial charge in [0.2, 0.25) is 0 Å². The lowest BCUT2D eigenvalue weighted by Gasteiger charge is -2.25. The Bertz CT molecular complexity index is 127. The summed E-state index contributed by atoms with van der Waals surface area (Å²) in [6.07, 6.45) is 5.92. The van der Waals surface area contributed by atoms with Gasteiger partial charge >= 0.3 is 0 Å². The molecule has 1 heteroatoms. The Balaban J connectivity index is 2.23. The number of hydrogen-bond donors (Lipinski definition) is 1. The van der Waals surface area contributed by atoms with Crippen LogP contribution in [-0.2, 0) is 0 Å². The van der Waals surface area contributed by atoms with Gasteiger partial charge in [0.25, 0.3) is 0 Å². The zero-order valence-electron chi connectivity index (χ0n) is 9.47. The third kappa shape index (κ3) is 3.30. The molecule has 0 amide bonds. The number of rotatable bonds is 5. The van der Waals surface area contributed by atoms with Crippen LogP contribution in [0.15, 0.2) is 0 Å². The summed E-state index contributed by atoms with van der Waals surface area (Å²) in [7, 11) is 0. The molecule has 1 fully saturated rings. The van der Waals surface area contributed by atoms with Crippen LogP contribution >= 0.6 is 0 Å². The maximum Gasteiger partial charge on any atom is -0.00206 e. The average molecular weight is 183 g/mol. The Kier molecular flexibility index (Phi) is 4.79. The van der Waals surface area contributed by atoms with E-state index in [1.807, 2.05) is 0 Å². The largest absolute Gasteiger partial charge is 0.317 e. The van der Waals surface area contributed by atoms with E-state index in [9.17, 15) is 0 Å². The number of hydrogen-bond acceptors (Lipinski definition) is 1. The van der Waals surface area contributed by atoms with Gasteiger partial charge in [-0.2, -0.15) is 0 Å². The molecule has 0 bridgehead atoms. The first kappa shape index (κ1) is 11.0. The second-order valence-corrected chi connectivity index (χ2v) is 4.69. The maximum atomic E-state index is 3.45. The molecule has 0 heterocycles. The van der Waals surface area contributed by atoms with Gasteiger partial charge < -0.3 is 5.32 Å². The van der Waals surface area contributed by atoms with Crippen molar-refractivity contribution in [1.82, 2.24) is 5.32 Å². The molecular weight excluding hydrogens is 158 g/mol. The van der Waals surface area contributed by atoms with Crippen molar-refractivity contribution in [3.63, 3.8) is 0 Å². The summed E-state index contributed by atoms with van der Waals surface area (Å²) in [6, 6.07) is 0. The van der Waals surface area contributed by atoms with Gasteiger partial charge in [0, 0.05) is 0 Å². The van der Waals surface area contributed by atoms with Crippen molar-refractivity contribution in [2.75, 3.05) is 13.1 Å². The first-order valence-electron chi connectivity index (χ1n) is 5.96. The summed E-state index contributed by atoms with van der Waals surface area (Å²) < 4.78 is 0. The highest BCUT2D eigenvalue weighted by Crippen LogP contribution is 2.34. The van der Waals surface area contributed by atoms with E-state index in [0.29, 0.717) is 0 Å². The van der Waals surface area contributed by atoms with E-state index in [0.717, 1.165) is 24.3 Å². The fraction of sp³-hybridized carbons (Fsp3) is 1.00. The van der Waals surface area contributed by atoms with Crippen LogP contribution in [0, 0.1) is 17.8 Å². The van der Waals surface area contributed by atoms with Crippen molar-refractivity contribution in [2.24, 2.45) is 17.8 Å². The van der Waals surface area contributed by atoms with Gasteiger partial charge in [-0.15, -0.1) is 0 Å². The van der Waals surface area contributed by atoms with Gasteiger partial charge in [-0.3, -0.25) is 0 Å². The second kappa shape index (κ2) is 5.64. The Labute approximate surface area is 83.3 Å². The summed E-state index contributed by atoms with van der Waals surface area (Å²) in [5.41, 5.74) is 0. The quantitative estimate of drug-likeness (QED) is 0.691. The maximum absolute atomic E-state index is 3.45. The molecule has 0 aromatic carbocycles. The summed E-state index contributed by atoms with van der Waals surface area (Å²) >= 11 is 0. The molecule has 0 aliphatic heterocycles. The monoisotopic (exact) mass is 183 g/mol. The lowest BCUT2D eigenvalue weighted by Crippen LogP contribution is -2.28. The standard InChI is InChI=1S/C12H25N/c1-4-13-9-10(2)11(3)12-7-5-6-8-12/h10-13H,4-9H2,1-3H3. The van der Waals surface area contributed by atoms with Crippen molar-refractivity contribution in [1.29, 1.82) is 0 Å². The van der Waals surface area contributed by atoms with Gasteiger partial charge in [-0.25, -0.2) is 0 Å². The van der Waals surface area contributed by atoms with E-state index in [1.165, 1.54) is 32.2 Å². The van der Waals surface area contributed by atoms with Crippen molar-refractivity contribution >= 4 is 0 Å². The molecule has 1 aliphatic carbocycles. The van der Waals surface area contributed by atoms with Crippen LogP contribution in [-0.4, -0.2) is 13.1 Å². The minimum atomic E-state index is 0.850. The van der Waals surface area contributed by atoms with Crippen LogP contribution < -0.4 is 5.32 Å². The van der Waals surface area contributed by atoms with Gasteiger partial charge in [-0.1, -0.05) is 46.5 Å². The van der Waals surface area contributed by atoms with E-state index < -0.39 is 0 Å². The topological polar surface area (TPSA) is 12.0 Å². The molecule has 1 rings (SSSR count). The highest BCUT2D eigenvalue weighted by molar-refractivity contribution is 4.76. The van der Waals surface area contributed by atoms with E-state index >= 15 is 0 Å². The highest BCUT2D eigenvalue weighted by Gasteiger charge is 2.24. The molecular formula is C12H25N. The van der Waals surface area contributed by atoms with E-state index in [-0.39, 0.29) is 0 Å². The molecule has 1 aliphatic rings. The van der Waals surface area contributed by atoms with Crippen LogP contribution in [0.3, 0.4) is 0 Å². The molecule has 1 N–H and O–H groups in total. The van der Waals surface area contributed by atoms with Gasteiger partial charge in [-0.05, 0) is 30.8 Å². The molecule has 78 valence electrons. The minimum Gasteiger partial charge on any atom is -0.317 e. The van der Waals surface area contributed by atoms with Gasteiger partial charge in [0.05, 0.1) is 0 Å².